The number of fused-ring (bicyclic) bond motifs is 1. The van der Waals surface area contributed by atoms with Gasteiger partial charge in [0, 0.05) is 34.5 Å². The number of aromatic nitrogens is 3. The van der Waals surface area contributed by atoms with E-state index in [4.69, 9.17) is 4.74 Å². The van der Waals surface area contributed by atoms with Crippen LogP contribution in [0.25, 0.3) is 10.9 Å². The number of nitrogens with zero attached hydrogens (tertiary/aromatic N) is 1. The monoisotopic (exact) mass is 341 g/mol. The minimum atomic E-state index is -0.467. The van der Waals surface area contributed by atoms with Crippen LogP contribution in [0.1, 0.15) is 29.4 Å². The standard InChI is InChI=1S/C17H19N5O3/c1-3-4-10-9-15(22-21-10)20-17(24)19-11-7-13(16(23)25-2)12-5-6-18-14(12)8-11/h5-9,18H,3-4H2,1-2H3,(H3,19,20,21,22,24). The normalized spacial score (nSPS) is 10.6. The Kier molecular flexibility index (Phi) is 4.69. The molecule has 0 spiro atoms. The fraction of sp³-hybridized carbons (Fsp3) is 0.235. The summed E-state index contributed by atoms with van der Waals surface area (Å²) in [6, 6.07) is 6.45. The van der Waals surface area contributed by atoms with Gasteiger partial charge < -0.3 is 15.0 Å². The van der Waals surface area contributed by atoms with E-state index in [9.17, 15) is 9.59 Å². The van der Waals surface area contributed by atoms with Gasteiger partial charge in [0.25, 0.3) is 0 Å². The van der Waals surface area contributed by atoms with Crippen molar-refractivity contribution in [2.24, 2.45) is 0 Å². The van der Waals surface area contributed by atoms with Crippen LogP contribution in [-0.2, 0) is 11.2 Å². The van der Waals surface area contributed by atoms with Gasteiger partial charge in [0.05, 0.1) is 12.7 Å². The summed E-state index contributed by atoms with van der Waals surface area (Å²) in [6.45, 7) is 2.07. The zero-order valence-corrected chi connectivity index (χ0v) is 14.0. The summed E-state index contributed by atoms with van der Waals surface area (Å²) >= 11 is 0. The second kappa shape index (κ2) is 7.08. The summed E-state index contributed by atoms with van der Waals surface area (Å²) in [5.41, 5.74) is 2.53. The molecule has 1 aromatic carbocycles. The lowest BCUT2D eigenvalue weighted by atomic mass is 10.1. The van der Waals surface area contributed by atoms with Gasteiger partial charge in [-0.15, -0.1) is 0 Å². The Hall–Kier alpha value is -3.29. The molecule has 4 N–H and O–H groups in total. The highest BCUT2D eigenvalue weighted by Crippen LogP contribution is 2.24. The smallest absolute Gasteiger partial charge is 0.338 e. The molecule has 0 saturated heterocycles. The Bertz CT molecular complexity index is 912. The number of carbonyl (C=O) groups excluding carboxylic acids is 2. The fourth-order valence-electron chi connectivity index (χ4n) is 2.62. The number of hydrogen-bond acceptors (Lipinski definition) is 4. The summed E-state index contributed by atoms with van der Waals surface area (Å²) < 4.78 is 4.80. The van der Waals surface area contributed by atoms with Gasteiger partial charge in [-0.25, -0.2) is 9.59 Å². The molecule has 0 aliphatic rings. The first-order chi connectivity index (χ1) is 12.1. The number of H-pyrrole nitrogens is 2. The molecular weight excluding hydrogens is 322 g/mol. The fourth-order valence-corrected chi connectivity index (χ4v) is 2.62. The van der Waals surface area contributed by atoms with Crippen molar-refractivity contribution in [1.82, 2.24) is 15.2 Å². The van der Waals surface area contributed by atoms with E-state index >= 15 is 0 Å². The first-order valence-electron chi connectivity index (χ1n) is 7.92. The first-order valence-corrected chi connectivity index (χ1v) is 7.92. The molecule has 0 atom stereocenters. The molecule has 3 rings (SSSR count). The van der Waals surface area contributed by atoms with Gasteiger partial charge in [-0.3, -0.25) is 10.4 Å². The van der Waals surface area contributed by atoms with Crippen molar-refractivity contribution in [3.8, 4) is 0 Å². The third kappa shape index (κ3) is 3.63. The molecule has 2 aromatic heterocycles. The summed E-state index contributed by atoms with van der Waals surface area (Å²) in [4.78, 5) is 27.1. The molecule has 0 unspecified atom stereocenters. The molecule has 0 radical (unpaired) electrons. The van der Waals surface area contributed by atoms with Crippen molar-refractivity contribution in [2.75, 3.05) is 17.7 Å². The zero-order chi connectivity index (χ0) is 17.8. The number of hydrogen-bond donors (Lipinski definition) is 4. The lowest BCUT2D eigenvalue weighted by Gasteiger charge is -2.08. The molecule has 2 heterocycles. The second-order valence-corrected chi connectivity index (χ2v) is 5.56. The predicted molar refractivity (Wildman–Crippen MR) is 94.9 cm³/mol. The number of nitrogens with one attached hydrogen (secondary N) is 4. The van der Waals surface area contributed by atoms with Gasteiger partial charge in [-0.2, -0.15) is 5.10 Å². The van der Waals surface area contributed by atoms with E-state index < -0.39 is 12.0 Å². The Morgan fingerprint density at radius 1 is 1.24 bits per heavy atom. The largest absolute Gasteiger partial charge is 0.465 e. The molecule has 25 heavy (non-hydrogen) atoms. The summed E-state index contributed by atoms with van der Waals surface area (Å²) in [5.74, 6) is -0.0275. The van der Waals surface area contributed by atoms with E-state index in [1.54, 1.807) is 30.5 Å². The van der Waals surface area contributed by atoms with Gasteiger partial charge in [-0.05, 0) is 24.6 Å². The van der Waals surface area contributed by atoms with Crippen LogP contribution in [-0.4, -0.2) is 34.3 Å². The van der Waals surface area contributed by atoms with Gasteiger partial charge >= 0.3 is 12.0 Å². The van der Waals surface area contributed by atoms with Crippen molar-refractivity contribution in [3.63, 3.8) is 0 Å². The number of methoxy groups -OCH3 is 1. The number of carbonyl (C=O) groups is 2. The van der Waals surface area contributed by atoms with Crippen LogP contribution in [0.2, 0.25) is 0 Å². The van der Waals surface area contributed by atoms with E-state index in [0.29, 0.717) is 17.1 Å². The highest BCUT2D eigenvalue weighted by molar-refractivity contribution is 6.07. The molecule has 130 valence electrons. The Labute approximate surface area is 144 Å². The number of rotatable bonds is 5. The summed E-state index contributed by atoms with van der Waals surface area (Å²) in [6.07, 6.45) is 3.57. The number of ether oxygens (including phenoxy) is 1. The van der Waals surface area contributed by atoms with E-state index in [2.05, 4.69) is 32.7 Å². The average Bonchev–Trinajstić information content (AvgIpc) is 3.23. The molecule has 8 heteroatoms. The maximum atomic E-state index is 12.2. The lowest BCUT2D eigenvalue weighted by molar-refractivity contribution is 0.0603. The van der Waals surface area contributed by atoms with Crippen LogP contribution in [0.15, 0.2) is 30.5 Å². The number of esters is 1. The minimum Gasteiger partial charge on any atom is -0.465 e. The van der Waals surface area contributed by atoms with E-state index in [1.165, 1.54) is 7.11 Å². The predicted octanol–water partition coefficient (Wildman–Crippen LogP) is 3.27. The van der Waals surface area contributed by atoms with Crippen molar-refractivity contribution in [1.29, 1.82) is 0 Å². The molecule has 2 amide bonds. The maximum Gasteiger partial charge on any atom is 0.338 e. The van der Waals surface area contributed by atoms with Gasteiger partial charge in [-0.1, -0.05) is 13.3 Å². The average molecular weight is 341 g/mol. The Balaban J connectivity index is 1.77. The van der Waals surface area contributed by atoms with E-state index in [0.717, 1.165) is 29.4 Å². The number of benzene rings is 1. The molecule has 0 aliphatic carbocycles. The number of amides is 2. The summed E-state index contributed by atoms with van der Waals surface area (Å²) in [5, 5.41) is 13.0. The van der Waals surface area contributed by atoms with Crippen LogP contribution in [0, 0.1) is 0 Å². The Morgan fingerprint density at radius 3 is 2.84 bits per heavy atom. The zero-order valence-electron chi connectivity index (χ0n) is 14.0. The molecule has 0 aliphatic heterocycles. The molecule has 0 saturated carbocycles. The topological polar surface area (TPSA) is 112 Å². The Morgan fingerprint density at radius 2 is 2.08 bits per heavy atom. The molecule has 0 bridgehead atoms. The number of aromatic amines is 2. The van der Waals surface area contributed by atoms with Crippen molar-refractivity contribution >= 4 is 34.4 Å². The lowest BCUT2D eigenvalue weighted by Crippen LogP contribution is -2.20. The SMILES string of the molecule is CCCc1cc(NC(=O)Nc2cc(C(=O)OC)c3cc[nH]c3c2)n[nH]1. The first kappa shape index (κ1) is 16.6. The molecular formula is C17H19N5O3. The second-order valence-electron chi connectivity index (χ2n) is 5.56. The van der Waals surface area contributed by atoms with Gasteiger partial charge in [0.2, 0.25) is 0 Å². The van der Waals surface area contributed by atoms with E-state index in [1.807, 2.05) is 0 Å². The third-order valence-corrected chi connectivity index (χ3v) is 3.72. The van der Waals surface area contributed by atoms with Crippen LogP contribution < -0.4 is 10.6 Å². The highest BCUT2D eigenvalue weighted by atomic mass is 16.5. The van der Waals surface area contributed by atoms with Gasteiger partial charge in [0.15, 0.2) is 5.82 Å². The van der Waals surface area contributed by atoms with Crippen LogP contribution >= 0.6 is 0 Å². The van der Waals surface area contributed by atoms with Crippen molar-refractivity contribution < 1.29 is 14.3 Å². The number of urea groups is 1. The minimum absolute atomic E-state index is 0.376. The summed E-state index contributed by atoms with van der Waals surface area (Å²) in [7, 11) is 1.32. The quantitative estimate of drug-likeness (QED) is 0.534. The van der Waals surface area contributed by atoms with Crippen LogP contribution in [0.3, 0.4) is 0 Å². The highest BCUT2D eigenvalue weighted by Gasteiger charge is 2.14. The van der Waals surface area contributed by atoms with Crippen molar-refractivity contribution in [3.05, 3.63) is 41.7 Å². The van der Waals surface area contributed by atoms with E-state index in [-0.39, 0.29) is 0 Å². The van der Waals surface area contributed by atoms with Crippen molar-refractivity contribution in [2.45, 2.75) is 19.8 Å². The number of anilines is 2. The third-order valence-electron chi connectivity index (χ3n) is 3.72. The molecule has 0 fully saturated rings. The van der Waals surface area contributed by atoms with Gasteiger partial charge in [0.1, 0.15) is 0 Å². The maximum absolute atomic E-state index is 12.2. The van der Waals surface area contributed by atoms with Crippen LogP contribution in [0.4, 0.5) is 16.3 Å². The molecule has 8 nitrogen and oxygen atoms in total. The number of aryl methyl sites for hydroxylation is 1. The molecule has 3 aromatic rings. The van der Waals surface area contributed by atoms with Crippen LogP contribution in [0.5, 0.6) is 0 Å².